The van der Waals surface area contributed by atoms with Gasteiger partial charge in [0, 0.05) is 5.38 Å². The Morgan fingerprint density at radius 1 is 1.36 bits per heavy atom. The summed E-state index contributed by atoms with van der Waals surface area (Å²) in [4.78, 5) is 29.3. The first-order chi connectivity index (χ1) is 10.5. The van der Waals surface area contributed by atoms with E-state index in [2.05, 4.69) is 10.3 Å². The van der Waals surface area contributed by atoms with Gasteiger partial charge in [-0.1, -0.05) is 19.9 Å². The van der Waals surface area contributed by atoms with Gasteiger partial charge in [-0.15, -0.1) is 22.7 Å². The van der Waals surface area contributed by atoms with E-state index in [4.69, 9.17) is 4.74 Å². The number of nitrogens with zero attached hydrogens (tertiary/aromatic N) is 1. The number of aromatic nitrogens is 1. The van der Waals surface area contributed by atoms with Crippen LogP contribution >= 0.6 is 22.7 Å². The van der Waals surface area contributed by atoms with Crippen LogP contribution in [-0.4, -0.2) is 30.0 Å². The number of carbonyl (C=O) groups excluding carboxylic acids is 2. The van der Waals surface area contributed by atoms with Crippen molar-refractivity contribution in [1.29, 1.82) is 0 Å². The Morgan fingerprint density at radius 3 is 2.73 bits per heavy atom. The third-order valence-corrected chi connectivity index (χ3v) is 4.99. The average Bonchev–Trinajstić information content (AvgIpc) is 3.14. The lowest BCUT2D eigenvalue weighted by molar-refractivity contribution is -0.146. The molecule has 0 aliphatic carbocycles. The van der Waals surface area contributed by atoms with E-state index in [1.54, 1.807) is 11.3 Å². The van der Waals surface area contributed by atoms with Crippen molar-refractivity contribution in [3.8, 4) is 9.88 Å². The zero-order valence-electron chi connectivity index (χ0n) is 12.7. The molecule has 7 heteroatoms. The summed E-state index contributed by atoms with van der Waals surface area (Å²) >= 11 is 3.13. The van der Waals surface area contributed by atoms with Gasteiger partial charge in [0.25, 0.3) is 0 Å². The van der Waals surface area contributed by atoms with Crippen LogP contribution in [0.3, 0.4) is 0 Å². The van der Waals surface area contributed by atoms with E-state index in [1.807, 2.05) is 36.7 Å². The second-order valence-corrected chi connectivity index (χ2v) is 6.92. The second-order valence-electron chi connectivity index (χ2n) is 5.11. The van der Waals surface area contributed by atoms with Crippen LogP contribution in [0.5, 0.6) is 0 Å². The molecular formula is C15H18N2O3S2. The van der Waals surface area contributed by atoms with E-state index in [-0.39, 0.29) is 18.2 Å². The second kappa shape index (κ2) is 7.51. The van der Waals surface area contributed by atoms with E-state index < -0.39 is 12.0 Å². The Hall–Kier alpha value is -1.73. The lowest BCUT2D eigenvalue weighted by Gasteiger charge is -2.19. The summed E-state index contributed by atoms with van der Waals surface area (Å²) in [6.07, 6.45) is 0.155. The molecule has 1 atom stereocenters. The number of methoxy groups -OCH3 is 1. The fourth-order valence-corrected chi connectivity index (χ4v) is 3.55. The first-order valence-electron chi connectivity index (χ1n) is 6.86. The molecule has 1 N–H and O–H groups in total. The zero-order valence-corrected chi connectivity index (χ0v) is 14.3. The highest BCUT2D eigenvalue weighted by Gasteiger charge is 2.25. The molecule has 0 bridgehead atoms. The Balaban J connectivity index is 1.98. The Labute approximate surface area is 137 Å². The van der Waals surface area contributed by atoms with Gasteiger partial charge >= 0.3 is 5.97 Å². The molecule has 2 aromatic rings. The average molecular weight is 338 g/mol. The number of nitrogens with one attached hydrogen (secondary N) is 1. The summed E-state index contributed by atoms with van der Waals surface area (Å²) < 4.78 is 4.71. The number of carbonyl (C=O) groups is 2. The third kappa shape index (κ3) is 4.14. The molecule has 0 fully saturated rings. The van der Waals surface area contributed by atoms with Crippen molar-refractivity contribution in [2.45, 2.75) is 26.3 Å². The maximum absolute atomic E-state index is 12.1. The Morgan fingerprint density at radius 2 is 2.14 bits per heavy atom. The molecule has 0 aliphatic heterocycles. The van der Waals surface area contributed by atoms with Crippen molar-refractivity contribution in [2.24, 2.45) is 5.92 Å². The van der Waals surface area contributed by atoms with Crippen LogP contribution in [0.1, 0.15) is 19.5 Å². The first-order valence-corrected chi connectivity index (χ1v) is 8.62. The van der Waals surface area contributed by atoms with Crippen molar-refractivity contribution in [3.63, 3.8) is 0 Å². The van der Waals surface area contributed by atoms with E-state index in [1.165, 1.54) is 18.4 Å². The van der Waals surface area contributed by atoms with Crippen LogP contribution in [0.25, 0.3) is 9.88 Å². The van der Waals surface area contributed by atoms with Gasteiger partial charge < -0.3 is 10.1 Å². The van der Waals surface area contributed by atoms with Gasteiger partial charge in [0.05, 0.1) is 24.1 Å². The molecule has 0 aliphatic rings. The minimum atomic E-state index is -0.632. The van der Waals surface area contributed by atoms with Gasteiger partial charge in [-0.2, -0.15) is 0 Å². The van der Waals surface area contributed by atoms with Gasteiger partial charge in [-0.25, -0.2) is 9.78 Å². The zero-order chi connectivity index (χ0) is 16.1. The summed E-state index contributed by atoms with van der Waals surface area (Å²) in [5, 5.41) is 7.49. The summed E-state index contributed by atoms with van der Waals surface area (Å²) in [5.41, 5.74) is 0.707. The summed E-state index contributed by atoms with van der Waals surface area (Å²) in [7, 11) is 1.32. The van der Waals surface area contributed by atoms with Crippen LogP contribution in [0.15, 0.2) is 22.9 Å². The molecule has 2 heterocycles. The van der Waals surface area contributed by atoms with E-state index >= 15 is 0 Å². The Bertz CT molecular complexity index is 635. The van der Waals surface area contributed by atoms with Crippen molar-refractivity contribution >= 4 is 34.6 Å². The van der Waals surface area contributed by atoms with E-state index in [0.29, 0.717) is 5.69 Å². The molecule has 0 aromatic carbocycles. The molecule has 1 amide bonds. The fourth-order valence-electron chi connectivity index (χ4n) is 1.92. The number of rotatable bonds is 6. The number of amides is 1. The fraction of sp³-hybridized carbons (Fsp3) is 0.400. The lowest BCUT2D eigenvalue weighted by Crippen LogP contribution is -2.45. The molecule has 0 saturated carbocycles. The minimum absolute atomic E-state index is 0.0338. The molecule has 2 rings (SSSR count). The van der Waals surface area contributed by atoms with Crippen LogP contribution < -0.4 is 5.32 Å². The van der Waals surface area contributed by atoms with Crippen molar-refractivity contribution < 1.29 is 14.3 Å². The highest BCUT2D eigenvalue weighted by molar-refractivity contribution is 7.20. The van der Waals surface area contributed by atoms with Gasteiger partial charge in [0.2, 0.25) is 5.91 Å². The molecule has 0 spiro atoms. The van der Waals surface area contributed by atoms with Gasteiger partial charge in [0.15, 0.2) is 0 Å². The summed E-state index contributed by atoms with van der Waals surface area (Å²) in [6.45, 7) is 3.72. The largest absolute Gasteiger partial charge is 0.467 e. The molecular weight excluding hydrogens is 320 g/mol. The minimum Gasteiger partial charge on any atom is -0.467 e. The molecule has 0 saturated heterocycles. The van der Waals surface area contributed by atoms with Crippen LogP contribution in [0, 0.1) is 5.92 Å². The predicted molar refractivity (Wildman–Crippen MR) is 87.9 cm³/mol. The number of hydrogen-bond donors (Lipinski definition) is 1. The smallest absolute Gasteiger partial charge is 0.328 e. The van der Waals surface area contributed by atoms with Crippen molar-refractivity contribution in [2.75, 3.05) is 7.11 Å². The lowest BCUT2D eigenvalue weighted by atomic mass is 10.0. The number of thiophene rings is 1. The molecule has 118 valence electrons. The maximum Gasteiger partial charge on any atom is 0.328 e. The van der Waals surface area contributed by atoms with Gasteiger partial charge in [0.1, 0.15) is 11.0 Å². The number of esters is 1. The quantitative estimate of drug-likeness (QED) is 0.822. The molecule has 0 radical (unpaired) electrons. The van der Waals surface area contributed by atoms with Crippen LogP contribution in [0.2, 0.25) is 0 Å². The molecule has 22 heavy (non-hydrogen) atoms. The third-order valence-electron chi connectivity index (χ3n) is 3.06. The monoisotopic (exact) mass is 338 g/mol. The van der Waals surface area contributed by atoms with Gasteiger partial charge in [-0.3, -0.25) is 4.79 Å². The highest BCUT2D eigenvalue weighted by atomic mass is 32.1. The van der Waals surface area contributed by atoms with E-state index in [0.717, 1.165) is 9.88 Å². The van der Waals surface area contributed by atoms with Crippen molar-refractivity contribution in [1.82, 2.24) is 10.3 Å². The van der Waals surface area contributed by atoms with Crippen LogP contribution in [0.4, 0.5) is 0 Å². The predicted octanol–water partition coefficient (Wildman–Crippen LogP) is 2.73. The first kappa shape index (κ1) is 16.6. The molecule has 1 unspecified atom stereocenters. The molecule has 5 nitrogen and oxygen atoms in total. The Kier molecular flexibility index (Phi) is 5.68. The van der Waals surface area contributed by atoms with Gasteiger partial charge in [-0.05, 0) is 17.4 Å². The van der Waals surface area contributed by atoms with Crippen molar-refractivity contribution in [3.05, 3.63) is 28.6 Å². The molecule has 2 aromatic heterocycles. The van der Waals surface area contributed by atoms with E-state index in [9.17, 15) is 9.59 Å². The maximum atomic E-state index is 12.1. The number of ether oxygens (including phenoxy) is 1. The normalized spacial score (nSPS) is 12.2. The SMILES string of the molecule is COC(=O)C(NC(=O)Cc1csc(-c2cccs2)n1)C(C)C. The highest BCUT2D eigenvalue weighted by Crippen LogP contribution is 2.27. The topological polar surface area (TPSA) is 68.3 Å². The standard InChI is InChI=1S/C15H18N2O3S2/c1-9(2)13(15(19)20-3)17-12(18)7-10-8-22-14(16-10)11-5-4-6-21-11/h4-6,8-9,13H,7H2,1-3H3,(H,17,18). The summed E-state index contributed by atoms with van der Waals surface area (Å²) in [5.74, 6) is -0.693. The number of hydrogen-bond acceptors (Lipinski definition) is 6. The number of thiazole rings is 1. The van der Waals surface area contributed by atoms with Crippen LogP contribution in [-0.2, 0) is 20.7 Å². The summed E-state index contributed by atoms with van der Waals surface area (Å²) in [6, 6.07) is 3.34.